The molecule has 0 saturated heterocycles. The molecule has 0 saturated carbocycles. The van der Waals surface area contributed by atoms with Crippen LogP contribution < -0.4 is 14.8 Å². The first-order valence-electron chi connectivity index (χ1n) is 8.19. The van der Waals surface area contributed by atoms with Crippen molar-refractivity contribution in [1.82, 2.24) is 5.32 Å². The van der Waals surface area contributed by atoms with Crippen molar-refractivity contribution in [1.29, 1.82) is 0 Å². The summed E-state index contributed by atoms with van der Waals surface area (Å²) in [6, 6.07) is 14.3. The number of nitrogens with one attached hydrogen (secondary N) is 1. The van der Waals surface area contributed by atoms with Gasteiger partial charge < -0.3 is 19.9 Å². The maximum atomic E-state index is 12.3. The number of aliphatic carboxylic acids is 1. The van der Waals surface area contributed by atoms with Crippen LogP contribution in [0.3, 0.4) is 0 Å². The third-order valence-corrected chi connectivity index (χ3v) is 4.02. The fraction of sp³-hybridized carbons (Fsp3) is 0.300. The highest BCUT2D eigenvalue weighted by Gasteiger charge is 2.32. The van der Waals surface area contributed by atoms with Crippen LogP contribution in [-0.2, 0) is 15.1 Å². The molecule has 6 heteroatoms. The van der Waals surface area contributed by atoms with E-state index < -0.39 is 17.4 Å². The fourth-order valence-corrected chi connectivity index (χ4v) is 2.61. The van der Waals surface area contributed by atoms with E-state index in [4.69, 9.17) is 9.47 Å². The first-order valence-corrected chi connectivity index (χ1v) is 8.19. The van der Waals surface area contributed by atoms with Gasteiger partial charge in [-0.05, 0) is 43.7 Å². The standard InChI is InChI=1S/C20H23NO5/c1-14-7-9-16(10-8-14)26-13-18(22)21-20(2,12-19(23)24)15-5-4-6-17(11-15)25-3/h4-11H,12-13H2,1-3H3,(H,21,22)(H,23,24). The van der Waals surface area contributed by atoms with Gasteiger partial charge in [-0.1, -0.05) is 29.8 Å². The first-order chi connectivity index (χ1) is 12.3. The lowest BCUT2D eigenvalue weighted by atomic mass is 9.88. The number of amides is 1. The number of hydrogen-bond acceptors (Lipinski definition) is 4. The van der Waals surface area contributed by atoms with Gasteiger partial charge in [0.15, 0.2) is 6.61 Å². The van der Waals surface area contributed by atoms with E-state index in [0.29, 0.717) is 17.1 Å². The van der Waals surface area contributed by atoms with Crippen molar-refractivity contribution in [2.45, 2.75) is 25.8 Å². The van der Waals surface area contributed by atoms with E-state index in [1.54, 1.807) is 43.3 Å². The number of benzene rings is 2. The largest absolute Gasteiger partial charge is 0.497 e. The van der Waals surface area contributed by atoms with Crippen molar-refractivity contribution in [2.24, 2.45) is 0 Å². The van der Waals surface area contributed by atoms with Gasteiger partial charge in [-0.25, -0.2) is 0 Å². The Morgan fingerprint density at radius 2 is 1.81 bits per heavy atom. The Morgan fingerprint density at radius 3 is 2.42 bits per heavy atom. The molecule has 2 aromatic rings. The molecular formula is C20H23NO5. The predicted octanol–water partition coefficient (Wildman–Crippen LogP) is 2.89. The summed E-state index contributed by atoms with van der Waals surface area (Å²) in [6.07, 6.45) is -0.267. The SMILES string of the molecule is COc1cccc(C(C)(CC(=O)O)NC(=O)COc2ccc(C)cc2)c1. The van der Waals surface area contributed by atoms with Crippen LogP contribution in [0.15, 0.2) is 48.5 Å². The molecular weight excluding hydrogens is 334 g/mol. The van der Waals surface area contributed by atoms with E-state index >= 15 is 0 Å². The number of aryl methyl sites for hydroxylation is 1. The highest BCUT2D eigenvalue weighted by atomic mass is 16.5. The zero-order valence-corrected chi connectivity index (χ0v) is 15.1. The van der Waals surface area contributed by atoms with Crippen LogP contribution in [0.25, 0.3) is 0 Å². The molecule has 6 nitrogen and oxygen atoms in total. The molecule has 1 unspecified atom stereocenters. The summed E-state index contributed by atoms with van der Waals surface area (Å²) in [5.74, 6) is -0.261. The van der Waals surface area contributed by atoms with Gasteiger partial charge in [-0.15, -0.1) is 0 Å². The quantitative estimate of drug-likeness (QED) is 0.759. The Labute approximate surface area is 152 Å². The maximum absolute atomic E-state index is 12.3. The van der Waals surface area contributed by atoms with Gasteiger partial charge in [0.05, 0.1) is 19.1 Å². The number of carbonyl (C=O) groups excluding carboxylic acids is 1. The monoisotopic (exact) mass is 357 g/mol. The van der Waals surface area contributed by atoms with Crippen molar-refractivity contribution < 1.29 is 24.2 Å². The van der Waals surface area contributed by atoms with Crippen molar-refractivity contribution in [2.75, 3.05) is 13.7 Å². The average molecular weight is 357 g/mol. The lowest BCUT2D eigenvalue weighted by Gasteiger charge is -2.30. The fourth-order valence-electron chi connectivity index (χ4n) is 2.61. The molecule has 26 heavy (non-hydrogen) atoms. The van der Waals surface area contributed by atoms with Crippen LogP contribution in [0.2, 0.25) is 0 Å². The highest BCUT2D eigenvalue weighted by Crippen LogP contribution is 2.28. The topological polar surface area (TPSA) is 84.9 Å². The lowest BCUT2D eigenvalue weighted by molar-refractivity contribution is -0.139. The smallest absolute Gasteiger partial charge is 0.306 e. The number of carbonyl (C=O) groups is 2. The van der Waals surface area contributed by atoms with Crippen LogP contribution in [0.4, 0.5) is 0 Å². The van der Waals surface area contributed by atoms with Crippen LogP contribution >= 0.6 is 0 Å². The summed E-state index contributed by atoms with van der Waals surface area (Å²) in [5.41, 5.74) is 0.644. The van der Waals surface area contributed by atoms with Crippen LogP contribution in [0.1, 0.15) is 24.5 Å². The molecule has 0 aliphatic heterocycles. The molecule has 2 aromatic carbocycles. The Morgan fingerprint density at radius 1 is 1.12 bits per heavy atom. The van der Waals surface area contributed by atoms with Gasteiger partial charge in [-0.2, -0.15) is 0 Å². The summed E-state index contributed by atoms with van der Waals surface area (Å²) in [6.45, 7) is 3.42. The van der Waals surface area contributed by atoms with E-state index in [1.165, 1.54) is 7.11 Å². The Bertz CT molecular complexity index is 772. The van der Waals surface area contributed by atoms with Crippen molar-refractivity contribution in [3.8, 4) is 11.5 Å². The van der Waals surface area contributed by atoms with Crippen LogP contribution in [0, 0.1) is 6.92 Å². The number of methoxy groups -OCH3 is 1. The minimum absolute atomic E-state index is 0.206. The Balaban J connectivity index is 2.11. The Kier molecular flexibility index (Phi) is 6.22. The van der Waals surface area contributed by atoms with Crippen molar-refractivity contribution >= 4 is 11.9 Å². The summed E-state index contributed by atoms with van der Waals surface area (Å²) >= 11 is 0. The maximum Gasteiger partial charge on any atom is 0.306 e. The summed E-state index contributed by atoms with van der Waals surface area (Å²) in [5, 5.41) is 12.0. The van der Waals surface area contributed by atoms with Gasteiger partial charge in [0.2, 0.25) is 0 Å². The molecule has 0 heterocycles. The second-order valence-electron chi connectivity index (χ2n) is 6.28. The molecule has 0 bridgehead atoms. The number of hydrogen-bond donors (Lipinski definition) is 2. The number of carboxylic acid groups (broad SMARTS) is 1. The zero-order chi connectivity index (χ0) is 19.2. The minimum Gasteiger partial charge on any atom is -0.497 e. The minimum atomic E-state index is -1.09. The van der Waals surface area contributed by atoms with Gasteiger partial charge in [0, 0.05) is 0 Å². The van der Waals surface area contributed by atoms with Gasteiger partial charge in [0.1, 0.15) is 11.5 Å². The lowest BCUT2D eigenvalue weighted by Crippen LogP contribution is -2.46. The predicted molar refractivity (Wildman–Crippen MR) is 97.4 cm³/mol. The average Bonchev–Trinajstić information content (AvgIpc) is 2.60. The van der Waals surface area contributed by atoms with E-state index in [0.717, 1.165) is 5.56 Å². The van der Waals surface area contributed by atoms with E-state index in [1.807, 2.05) is 19.1 Å². The van der Waals surface area contributed by atoms with Crippen LogP contribution in [0.5, 0.6) is 11.5 Å². The molecule has 0 fully saturated rings. The van der Waals surface area contributed by atoms with Gasteiger partial charge in [-0.3, -0.25) is 9.59 Å². The highest BCUT2D eigenvalue weighted by molar-refractivity contribution is 5.80. The molecule has 0 aliphatic rings. The second-order valence-corrected chi connectivity index (χ2v) is 6.28. The Hall–Kier alpha value is -3.02. The van der Waals surface area contributed by atoms with Crippen molar-refractivity contribution in [3.63, 3.8) is 0 Å². The molecule has 2 rings (SSSR count). The van der Waals surface area contributed by atoms with Crippen LogP contribution in [-0.4, -0.2) is 30.7 Å². The van der Waals surface area contributed by atoms with Gasteiger partial charge >= 0.3 is 5.97 Å². The first kappa shape index (κ1) is 19.3. The molecule has 0 aliphatic carbocycles. The van der Waals surface area contributed by atoms with E-state index in [2.05, 4.69) is 5.32 Å². The van der Waals surface area contributed by atoms with E-state index in [-0.39, 0.29) is 13.0 Å². The third-order valence-electron chi connectivity index (χ3n) is 4.02. The molecule has 2 N–H and O–H groups in total. The number of carboxylic acids is 1. The molecule has 138 valence electrons. The van der Waals surface area contributed by atoms with Gasteiger partial charge in [0.25, 0.3) is 5.91 Å². The summed E-state index contributed by atoms with van der Waals surface area (Å²) in [4.78, 5) is 23.7. The zero-order valence-electron chi connectivity index (χ0n) is 15.1. The summed E-state index contributed by atoms with van der Waals surface area (Å²) in [7, 11) is 1.53. The van der Waals surface area contributed by atoms with Crippen molar-refractivity contribution in [3.05, 3.63) is 59.7 Å². The normalized spacial score (nSPS) is 12.7. The summed E-state index contributed by atoms with van der Waals surface area (Å²) < 4.78 is 10.7. The molecule has 0 spiro atoms. The number of ether oxygens (including phenoxy) is 2. The molecule has 0 aromatic heterocycles. The molecule has 1 atom stereocenters. The second kappa shape index (κ2) is 8.38. The molecule has 0 radical (unpaired) electrons. The van der Waals surface area contributed by atoms with E-state index in [9.17, 15) is 14.7 Å². The molecule has 1 amide bonds. The number of rotatable bonds is 8. The third kappa shape index (κ3) is 5.24.